The Morgan fingerprint density at radius 2 is 1.84 bits per heavy atom. The summed E-state index contributed by atoms with van der Waals surface area (Å²) >= 11 is 5.13. The van der Waals surface area contributed by atoms with Gasteiger partial charge in [-0.2, -0.15) is 5.10 Å². The van der Waals surface area contributed by atoms with Gasteiger partial charge in [-0.25, -0.2) is 0 Å². The number of nitrogens with zero attached hydrogens (tertiary/aromatic N) is 3. The molecular weight excluding hydrogens is 264 g/mol. The minimum absolute atomic E-state index is 0.362. The fourth-order valence-corrected chi connectivity index (χ4v) is 2.26. The fourth-order valence-electron chi connectivity index (χ4n) is 2.02. The van der Waals surface area contributed by atoms with Crippen LogP contribution in [0.4, 0.5) is 5.82 Å². The first-order valence-corrected chi connectivity index (χ1v) is 6.50. The molecule has 0 atom stereocenters. The molecular formula is C12H22N4O2S. The Balaban J connectivity index is 3.09. The summed E-state index contributed by atoms with van der Waals surface area (Å²) in [6, 6.07) is 0. The second kappa shape index (κ2) is 7.42. The summed E-state index contributed by atoms with van der Waals surface area (Å²) in [5, 5.41) is 4.40. The molecule has 0 bridgehead atoms. The summed E-state index contributed by atoms with van der Waals surface area (Å²) in [7, 11) is 5.24. The number of hydrogen-bond acceptors (Lipinski definition) is 5. The summed E-state index contributed by atoms with van der Waals surface area (Å²) < 4.78 is 12.1. The molecule has 1 heterocycles. The van der Waals surface area contributed by atoms with E-state index in [2.05, 4.69) is 10.00 Å². The average molecular weight is 286 g/mol. The molecule has 0 saturated heterocycles. The standard InChI is InChI=1S/C12H22N4O2S/c1-9-10(11(13)19)12(15(2)14-9)16(5-7-17-3)6-8-18-4/h5-8H2,1-4H3,(H2,13,19). The molecule has 2 N–H and O–H groups in total. The number of anilines is 1. The number of aryl methyl sites for hydroxylation is 2. The quantitative estimate of drug-likeness (QED) is 0.701. The van der Waals surface area contributed by atoms with Crippen molar-refractivity contribution >= 4 is 23.0 Å². The lowest BCUT2D eigenvalue weighted by Gasteiger charge is -2.25. The van der Waals surface area contributed by atoms with Gasteiger partial charge in [0, 0.05) is 34.4 Å². The number of rotatable bonds is 8. The van der Waals surface area contributed by atoms with Gasteiger partial charge in [0.1, 0.15) is 10.8 Å². The van der Waals surface area contributed by atoms with E-state index in [1.54, 1.807) is 18.9 Å². The summed E-state index contributed by atoms with van der Waals surface area (Å²) in [4.78, 5) is 2.49. The van der Waals surface area contributed by atoms with Crippen LogP contribution >= 0.6 is 12.2 Å². The Morgan fingerprint density at radius 1 is 1.32 bits per heavy atom. The van der Waals surface area contributed by atoms with Crippen molar-refractivity contribution in [1.29, 1.82) is 0 Å². The number of methoxy groups -OCH3 is 2. The van der Waals surface area contributed by atoms with Crippen molar-refractivity contribution in [2.45, 2.75) is 6.92 Å². The summed E-state index contributed by atoms with van der Waals surface area (Å²) in [6.07, 6.45) is 0. The van der Waals surface area contributed by atoms with Crippen LogP contribution in [-0.4, -0.2) is 55.3 Å². The van der Waals surface area contributed by atoms with Crippen LogP contribution in [0, 0.1) is 6.92 Å². The third-order valence-electron chi connectivity index (χ3n) is 2.87. The minimum Gasteiger partial charge on any atom is -0.389 e. The van der Waals surface area contributed by atoms with Crippen molar-refractivity contribution in [2.24, 2.45) is 12.8 Å². The molecule has 0 amide bonds. The predicted molar refractivity (Wildman–Crippen MR) is 79.8 cm³/mol. The molecule has 0 saturated carbocycles. The second-order valence-corrected chi connectivity index (χ2v) is 4.68. The topological polar surface area (TPSA) is 65.5 Å². The summed E-state index contributed by atoms with van der Waals surface area (Å²) in [6.45, 7) is 4.60. The Hall–Kier alpha value is -1.18. The van der Waals surface area contributed by atoms with Gasteiger partial charge in [0.05, 0.1) is 24.5 Å². The molecule has 0 spiro atoms. The molecule has 1 aromatic heterocycles. The second-order valence-electron chi connectivity index (χ2n) is 4.24. The van der Waals surface area contributed by atoms with Gasteiger partial charge in [-0.3, -0.25) is 4.68 Å². The number of hydrogen-bond donors (Lipinski definition) is 1. The molecule has 19 heavy (non-hydrogen) atoms. The lowest BCUT2D eigenvalue weighted by molar-refractivity contribution is 0.189. The van der Waals surface area contributed by atoms with Gasteiger partial charge < -0.3 is 20.1 Å². The van der Waals surface area contributed by atoms with Gasteiger partial charge in [-0.1, -0.05) is 12.2 Å². The Kier molecular flexibility index (Phi) is 6.20. The maximum absolute atomic E-state index is 5.81. The fraction of sp³-hybridized carbons (Fsp3) is 0.667. The number of aromatic nitrogens is 2. The van der Waals surface area contributed by atoms with E-state index in [0.29, 0.717) is 18.2 Å². The van der Waals surface area contributed by atoms with Crippen LogP contribution in [0.3, 0.4) is 0 Å². The first-order chi connectivity index (χ1) is 9.02. The van der Waals surface area contributed by atoms with E-state index in [9.17, 15) is 0 Å². The van der Waals surface area contributed by atoms with Crippen LogP contribution in [0.5, 0.6) is 0 Å². The van der Waals surface area contributed by atoms with Crippen LogP contribution in [0.15, 0.2) is 0 Å². The maximum atomic E-state index is 5.81. The van der Waals surface area contributed by atoms with E-state index in [1.807, 2.05) is 14.0 Å². The molecule has 0 aliphatic carbocycles. The van der Waals surface area contributed by atoms with Crippen molar-refractivity contribution in [3.63, 3.8) is 0 Å². The van der Waals surface area contributed by atoms with Gasteiger partial charge in [0.25, 0.3) is 0 Å². The Bertz CT molecular complexity index is 426. The highest BCUT2D eigenvalue weighted by Gasteiger charge is 2.20. The van der Waals surface area contributed by atoms with Gasteiger partial charge in [0.15, 0.2) is 0 Å². The molecule has 6 nitrogen and oxygen atoms in total. The van der Waals surface area contributed by atoms with Crippen molar-refractivity contribution in [2.75, 3.05) is 45.4 Å². The van der Waals surface area contributed by atoms with Gasteiger partial charge in [0.2, 0.25) is 0 Å². The summed E-state index contributed by atoms with van der Waals surface area (Å²) in [5.41, 5.74) is 7.47. The lowest BCUT2D eigenvalue weighted by Crippen LogP contribution is -2.33. The van der Waals surface area contributed by atoms with Gasteiger partial charge in [-0.05, 0) is 6.92 Å². The highest BCUT2D eigenvalue weighted by Crippen LogP contribution is 2.23. The molecule has 108 valence electrons. The van der Waals surface area contributed by atoms with Crippen LogP contribution in [-0.2, 0) is 16.5 Å². The van der Waals surface area contributed by atoms with Crippen molar-refractivity contribution in [3.05, 3.63) is 11.3 Å². The minimum atomic E-state index is 0.362. The van der Waals surface area contributed by atoms with Crippen molar-refractivity contribution in [3.8, 4) is 0 Å². The molecule has 0 aliphatic rings. The average Bonchev–Trinajstić information content (AvgIpc) is 2.65. The molecule has 0 aromatic carbocycles. The predicted octanol–water partition coefficient (Wildman–Crippen LogP) is 0.462. The lowest BCUT2D eigenvalue weighted by atomic mass is 10.2. The van der Waals surface area contributed by atoms with Gasteiger partial charge >= 0.3 is 0 Å². The van der Waals surface area contributed by atoms with E-state index >= 15 is 0 Å². The van der Waals surface area contributed by atoms with Crippen LogP contribution in [0.1, 0.15) is 11.3 Å². The molecule has 0 unspecified atom stereocenters. The zero-order chi connectivity index (χ0) is 14.4. The van der Waals surface area contributed by atoms with E-state index in [0.717, 1.165) is 30.2 Å². The Labute approximate surface area is 119 Å². The van der Waals surface area contributed by atoms with Crippen molar-refractivity contribution < 1.29 is 9.47 Å². The van der Waals surface area contributed by atoms with Crippen molar-refractivity contribution in [1.82, 2.24) is 9.78 Å². The van der Waals surface area contributed by atoms with E-state index in [1.165, 1.54) is 0 Å². The van der Waals surface area contributed by atoms with E-state index in [-0.39, 0.29) is 0 Å². The van der Waals surface area contributed by atoms with E-state index < -0.39 is 0 Å². The highest BCUT2D eigenvalue weighted by atomic mass is 32.1. The monoisotopic (exact) mass is 286 g/mol. The summed E-state index contributed by atoms with van der Waals surface area (Å²) in [5.74, 6) is 0.916. The zero-order valence-corrected chi connectivity index (χ0v) is 12.8. The zero-order valence-electron chi connectivity index (χ0n) is 12.0. The molecule has 0 fully saturated rings. The molecule has 1 rings (SSSR count). The third-order valence-corrected chi connectivity index (χ3v) is 3.07. The van der Waals surface area contributed by atoms with E-state index in [4.69, 9.17) is 27.4 Å². The van der Waals surface area contributed by atoms with Crippen LogP contribution in [0.25, 0.3) is 0 Å². The van der Waals surface area contributed by atoms with Crippen LogP contribution < -0.4 is 10.6 Å². The first kappa shape index (κ1) is 15.9. The smallest absolute Gasteiger partial charge is 0.137 e. The molecule has 0 radical (unpaired) electrons. The number of nitrogens with two attached hydrogens (primary N) is 1. The maximum Gasteiger partial charge on any atom is 0.137 e. The highest BCUT2D eigenvalue weighted by molar-refractivity contribution is 7.80. The first-order valence-electron chi connectivity index (χ1n) is 6.09. The third kappa shape index (κ3) is 3.89. The number of thiocarbonyl (C=S) groups is 1. The molecule has 1 aromatic rings. The largest absolute Gasteiger partial charge is 0.389 e. The normalized spacial score (nSPS) is 10.7. The molecule has 7 heteroatoms. The van der Waals surface area contributed by atoms with Gasteiger partial charge in [-0.15, -0.1) is 0 Å². The Morgan fingerprint density at radius 3 is 2.26 bits per heavy atom. The molecule has 0 aliphatic heterocycles. The SMILES string of the molecule is COCCN(CCOC)c1c(C(N)=S)c(C)nn1C. The number of ether oxygens (including phenoxy) is 2. The van der Waals surface area contributed by atoms with Crippen LogP contribution in [0.2, 0.25) is 0 Å².